The summed E-state index contributed by atoms with van der Waals surface area (Å²) in [5, 5.41) is 14.9. The van der Waals surface area contributed by atoms with E-state index in [1.807, 2.05) is 0 Å². The van der Waals surface area contributed by atoms with Crippen LogP contribution in [0.25, 0.3) is 0 Å². The molecule has 2 aliphatic rings. The number of ether oxygens (including phenoxy) is 1. The maximum absolute atomic E-state index is 12.1. The lowest BCUT2D eigenvalue weighted by atomic mass is 9.84. The van der Waals surface area contributed by atoms with Gasteiger partial charge in [0.15, 0.2) is 0 Å². The van der Waals surface area contributed by atoms with E-state index in [4.69, 9.17) is 4.74 Å². The fourth-order valence-corrected chi connectivity index (χ4v) is 3.57. The van der Waals surface area contributed by atoms with Crippen molar-refractivity contribution in [2.24, 2.45) is 5.92 Å². The molecule has 3 unspecified atom stereocenters. The number of aliphatic carboxylic acids is 1. The van der Waals surface area contributed by atoms with Gasteiger partial charge in [0.05, 0.1) is 12.1 Å². The molecule has 0 heterocycles. The smallest absolute Gasteiger partial charge is 0.326 e. The van der Waals surface area contributed by atoms with Crippen LogP contribution in [0.4, 0.5) is 4.79 Å². The van der Waals surface area contributed by atoms with Crippen molar-refractivity contribution in [1.82, 2.24) is 10.6 Å². The summed E-state index contributed by atoms with van der Waals surface area (Å²) < 4.78 is 5.33. The number of carbonyl (C=O) groups is 2. The van der Waals surface area contributed by atoms with Gasteiger partial charge in [-0.15, -0.1) is 0 Å². The second-order valence-electron chi connectivity index (χ2n) is 6.14. The van der Waals surface area contributed by atoms with Gasteiger partial charge >= 0.3 is 12.0 Å². The van der Waals surface area contributed by atoms with Crippen LogP contribution in [0.5, 0.6) is 0 Å². The van der Waals surface area contributed by atoms with Crippen molar-refractivity contribution in [2.45, 2.75) is 69.6 Å². The molecule has 0 radical (unpaired) electrons. The maximum Gasteiger partial charge on any atom is 0.326 e. The largest absolute Gasteiger partial charge is 0.480 e. The Morgan fingerprint density at radius 3 is 2.43 bits per heavy atom. The highest BCUT2D eigenvalue weighted by Crippen LogP contribution is 2.27. The van der Waals surface area contributed by atoms with Gasteiger partial charge in [-0.2, -0.15) is 0 Å². The zero-order chi connectivity index (χ0) is 15.2. The summed E-state index contributed by atoms with van der Waals surface area (Å²) in [5.41, 5.74) is 0. The summed E-state index contributed by atoms with van der Waals surface area (Å²) in [5.74, 6) is -0.893. The molecule has 0 aromatic rings. The summed E-state index contributed by atoms with van der Waals surface area (Å²) in [6.07, 6.45) is 7.88. The fraction of sp³-hybridized carbons (Fsp3) is 0.867. The van der Waals surface area contributed by atoms with Crippen molar-refractivity contribution in [3.63, 3.8) is 0 Å². The molecule has 120 valence electrons. The first-order valence-corrected chi connectivity index (χ1v) is 7.94. The average molecular weight is 298 g/mol. The molecule has 0 aliphatic heterocycles. The van der Waals surface area contributed by atoms with Gasteiger partial charge in [-0.1, -0.05) is 19.3 Å². The summed E-state index contributed by atoms with van der Waals surface area (Å²) in [6, 6.07) is -1.19. The Balaban J connectivity index is 1.87. The molecule has 21 heavy (non-hydrogen) atoms. The predicted molar refractivity (Wildman–Crippen MR) is 78.1 cm³/mol. The topological polar surface area (TPSA) is 87.7 Å². The zero-order valence-corrected chi connectivity index (χ0v) is 12.6. The Kier molecular flexibility index (Phi) is 5.85. The number of carbonyl (C=O) groups excluding carboxylic acids is 1. The summed E-state index contributed by atoms with van der Waals surface area (Å²) >= 11 is 0. The average Bonchev–Trinajstić information content (AvgIpc) is 2.92. The minimum atomic E-state index is -0.938. The summed E-state index contributed by atoms with van der Waals surface area (Å²) in [4.78, 5) is 23.5. The molecule has 0 aromatic heterocycles. The number of urea groups is 1. The van der Waals surface area contributed by atoms with E-state index in [9.17, 15) is 14.7 Å². The molecule has 6 heteroatoms. The number of hydrogen-bond donors (Lipinski definition) is 3. The first kappa shape index (κ1) is 16.1. The van der Waals surface area contributed by atoms with Gasteiger partial charge in [-0.05, 0) is 38.0 Å². The first-order chi connectivity index (χ1) is 10.1. The van der Waals surface area contributed by atoms with Gasteiger partial charge < -0.3 is 20.5 Å². The quantitative estimate of drug-likeness (QED) is 0.723. The zero-order valence-electron chi connectivity index (χ0n) is 12.6. The molecule has 2 fully saturated rings. The van der Waals surface area contributed by atoms with E-state index in [-0.39, 0.29) is 24.1 Å². The Morgan fingerprint density at radius 2 is 1.81 bits per heavy atom. The highest BCUT2D eigenvalue weighted by atomic mass is 16.5. The third kappa shape index (κ3) is 4.33. The van der Waals surface area contributed by atoms with Gasteiger partial charge in [-0.3, -0.25) is 0 Å². The minimum absolute atomic E-state index is 0.0178. The molecule has 6 nitrogen and oxygen atoms in total. The number of rotatable bonds is 5. The minimum Gasteiger partial charge on any atom is -0.480 e. The van der Waals surface area contributed by atoms with Crippen molar-refractivity contribution in [3.8, 4) is 0 Å². The standard InChI is InChI=1S/C15H26N2O4/c1-21-12-9-5-8-11(12)16-15(20)17-13(14(18)19)10-6-3-2-4-7-10/h10-13H,2-9H2,1H3,(H,18,19)(H2,16,17,20). The lowest BCUT2D eigenvalue weighted by Gasteiger charge is -2.29. The van der Waals surface area contributed by atoms with Gasteiger partial charge in [0.1, 0.15) is 6.04 Å². The van der Waals surface area contributed by atoms with E-state index in [1.165, 1.54) is 0 Å². The molecular formula is C15H26N2O4. The summed E-state index contributed by atoms with van der Waals surface area (Å²) in [6.45, 7) is 0. The third-order valence-corrected chi connectivity index (χ3v) is 4.75. The van der Waals surface area contributed by atoms with E-state index < -0.39 is 12.0 Å². The van der Waals surface area contributed by atoms with Gasteiger partial charge in [0, 0.05) is 7.11 Å². The molecule has 2 saturated carbocycles. The maximum atomic E-state index is 12.1. The molecule has 3 atom stereocenters. The molecule has 0 aromatic carbocycles. The van der Waals surface area contributed by atoms with Crippen LogP contribution in [0.2, 0.25) is 0 Å². The Bertz CT molecular complexity index is 369. The molecule has 2 aliphatic carbocycles. The van der Waals surface area contributed by atoms with Crippen molar-refractivity contribution >= 4 is 12.0 Å². The van der Waals surface area contributed by atoms with Crippen LogP contribution >= 0.6 is 0 Å². The molecular weight excluding hydrogens is 272 g/mol. The number of hydrogen-bond acceptors (Lipinski definition) is 3. The van der Waals surface area contributed by atoms with Crippen molar-refractivity contribution in [1.29, 1.82) is 0 Å². The van der Waals surface area contributed by atoms with E-state index in [0.29, 0.717) is 0 Å². The van der Waals surface area contributed by atoms with Crippen LogP contribution in [0, 0.1) is 5.92 Å². The fourth-order valence-electron chi connectivity index (χ4n) is 3.57. The van der Waals surface area contributed by atoms with E-state index in [1.54, 1.807) is 7.11 Å². The van der Waals surface area contributed by atoms with Gasteiger partial charge in [0.2, 0.25) is 0 Å². The monoisotopic (exact) mass is 298 g/mol. The SMILES string of the molecule is COC1CCCC1NC(=O)NC(C(=O)O)C1CCCCC1. The molecule has 2 rings (SSSR count). The lowest BCUT2D eigenvalue weighted by Crippen LogP contribution is -2.53. The highest BCUT2D eigenvalue weighted by Gasteiger charge is 2.33. The van der Waals surface area contributed by atoms with Crippen molar-refractivity contribution in [3.05, 3.63) is 0 Å². The van der Waals surface area contributed by atoms with Crippen molar-refractivity contribution < 1.29 is 19.4 Å². The summed E-state index contributed by atoms with van der Waals surface area (Å²) in [7, 11) is 1.64. The van der Waals surface area contributed by atoms with E-state index in [2.05, 4.69) is 10.6 Å². The Hall–Kier alpha value is -1.30. The lowest BCUT2D eigenvalue weighted by molar-refractivity contribution is -0.141. The normalized spacial score (nSPS) is 28.0. The Morgan fingerprint density at radius 1 is 1.10 bits per heavy atom. The van der Waals surface area contributed by atoms with Crippen LogP contribution < -0.4 is 10.6 Å². The Labute approximate surface area is 125 Å². The molecule has 3 N–H and O–H groups in total. The third-order valence-electron chi connectivity index (χ3n) is 4.75. The van der Waals surface area contributed by atoms with Gasteiger partial charge in [0.25, 0.3) is 0 Å². The van der Waals surface area contributed by atoms with Crippen LogP contribution in [0.15, 0.2) is 0 Å². The van der Waals surface area contributed by atoms with E-state index in [0.717, 1.165) is 51.4 Å². The number of nitrogens with one attached hydrogen (secondary N) is 2. The first-order valence-electron chi connectivity index (χ1n) is 7.94. The number of carboxylic acids is 1. The molecule has 0 saturated heterocycles. The number of methoxy groups -OCH3 is 1. The second kappa shape index (κ2) is 7.64. The molecule has 0 spiro atoms. The second-order valence-corrected chi connectivity index (χ2v) is 6.14. The number of carboxylic acid groups (broad SMARTS) is 1. The number of amides is 2. The van der Waals surface area contributed by atoms with Crippen LogP contribution in [0.1, 0.15) is 51.4 Å². The van der Waals surface area contributed by atoms with Crippen LogP contribution in [-0.4, -0.2) is 42.4 Å². The van der Waals surface area contributed by atoms with Crippen molar-refractivity contribution in [2.75, 3.05) is 7.11 Å². The highest BCUT2D eigenvalue weighted by molar-refractivity contribution is 5.83. The van der Waals surface area contributed by atoms with Crippen LogP contribution in [0.3, 0.4) is 0 Å². The van der Waals surface area contributed by atoms with Crippen LogP contribution in [-0.2, 0) is 9.53 Å². The molecule has 0 bridgehead atoms. The van der Waals surface area contributed by atoms with Gasteiger partial charge in [-0.25, -0.2) is 9.59 Å². The van der Waals surface area contributed by atoms with E-state index >= 15 is 0 Å². The predicted octanol–water partition coefficient (Wildman–Crippen LogP) is 1.89. The molecule has 2 amide bonds.